The van der Waals surface area contributed by atoms with Crippen LogP contribution in [-0.2, 0) is 19.6 Å². The highest BCUT2D eigenvalue weighted by atomic mass is 32.2. The van der Waals surface area contributed by atoms with Crippen LogP contribution >= 0.6 is 0 Å². The minimum absolute atomic E-state index is 0.173. The van der Waals surface area contributed by atoms with Crippen molar-refractivity contribution in [3.63, 3.8) is 0 Å². The number of nitrogens with one attached hydrogen (secondary N) is 1. The van der Waals surface area contributed by atoms with Crippen molar-refractivity contribution in [1.82, 2.24) is 14.6 Å². The number of methoxy groups -OCH3 is 1. The first-order chi connectivity index (χ1) is 16.3. The first kappa shape index (κ1) is 23.4. The lowest BCUT2D eigenvalue weighted by atomic mass is 10.0. The largest absolute Gasteiger partial charge is 0.505 e. The number of fused-ring (bicyclic) bond motifs is 1. The number of carbonyl (C=O) groups is 2. The van der Waals surface area contributed by atoms with E-state index in [-0.39, 0.29) is 36.0 Å². The van der Waals surface area contributed by atoms with E-state index in [2.05, 4.69) is 15.0 Å². The molecule has 0 atom stereocenters. The van der Waals surface area contributed by atoms with E-state index < -0.39 is 21.9 Å². The van der Waals surface area contributed by atoms with Gasteiger partial charge in [-0.3, -0.25) is 9.59 Å². The summed E-state index contributed by atoms with van der Waals surface area (Å²) in [4.78, 5) is 27.5. The molecule has 9 nitrogen and oxygen atoms in total. The topological polar surface area (TPSA) is 126 Å². The predicted octanol–water partition coefficient (Wildman–Crippen LogP) is 2.32. The number of aromatic hydroxyl groups is 1. The monoisotopic (exact) mass is 481 g/mol. The van der Waals surface area contributed by atoms with Crippen LogP contribution in [-0.4, -0.2) is 61.4 Å². The molecule has 1 aliphatic heterocycles. The third kappa shape index (κ3) is 4.78. The number of hydrogen-bond acceptors (Lipinski definition) is 7. The zero-order chi connectivity index (χ0) is 24.3. The van der Waals surface area contributed by atoms with Gasteiger partial charge in [-0.25, -0.2) is 13.4 Å². The second-order valence-electron chi connectivity index (χ2n) is 7.70. The van der Waals surface area contributed by atoms with Crippen LogP contribution in [0.15, 0.2) is 65.7 Å². The molecule has 0 fully saturated rings. The Labute approximate surface area is 196 Å². The summed E-state index contributed by atoms with van der Waals surface area (Å²) in [5.41, 5.74) is 1.18. The number of pyridine rings is 1. The molecule has 2 aromatic carbocycles. The number of benzene rings is 2. The summed E-state index contributed by atoms with van der Waals surface area (Å²) in [6.45, 7) is 0.0978. The first-order valence-corrected chi connectivity index (χ1v) is 12.0. The van der Waals surface area contributed by atoms with Gasteiger partial charge >= 0.3 is 5.97 Å². The van der Waals surface area contributed by atoms with Crippen LogP contribution in [0.1, 0.15) is 22.5 Å². The molecule has 2 N–H and O–H groups in total. The number of hydrogen-bond donors (Lipinski definition) is 2. The van der Waals surface area contributed by atoms with E-state index in [1.165, 1.54) is 23.7 Å². The average Bonchev–Trinajstić information content (AvgIpc) is 2.86. The summed E-state index contributed by atoms with van der Waals surface area (Å²) < 4.78 is 32.2. The van der Waals surface area contributed by atoms with Gasteiger partial charge < -0.3 is 15.2 Å². The number of sulfonamides is 1. The van der Waals surface area contributed by atoms with Gasteiger partial charge in [0.2, 0.25) is 10.0 Å². The van der Waals surface area contributed by atoms with Crippen LogP contribution < -0.4 is 5.32 Å². The van der Waals surface area contributed by atoms with Gasteiger partial charge in [-0.15, -0.1) is 0 Å². The number of aromatic nitrogens is 1. The Morgan fingerprint density at radius 1 is 1.15 bits per heavy atom. The number of esters is 1. The molecule has 0 radical (unpaired) electrons. The molecule has 34 heavy (non-hydrogen) atoms. The third-order valence-corrected chi connectivity index (χ3v) is 7.47. The fourth-order valence-electron chi connectivity index (χ4n) is 3.72. The van der Waals surface area contributed by atoms with Crippen molar-refractivity contribution in [1.29, 1.82) is 0 Å². The van der Waals surface area contributed by atoms with Gasteiger partial charge in [0.15, 0.2) is 5.69 Å². The standard InChI is InChI=1S/C24H23N3O6S/c1-33-22(29)15-26-24(30)23-21(28)13-19(14-25-23)17-8-10-27(11-9-17)34(31,32)20-7-6-16-4-2-3-5-18(16)12-20/h2-8,12-14,28H,9-11,15H2,1H3,(H,26,30). The summed E-state index contributed by atoms with van der Waals surface area (Å²) in [5, 5.41) is 14.4. The summed E-state index contributed by atoms with van der Waals surface area (Å²) in [5.74, 6) is -1.67. The molecule has 2 heterocycles. The maximum absolute atomic E-state index is 13.1. The van der Waals surface area contributed by atoms with Crippen molar-refractivity contribution in [3.8, 4) is 5.75 Å². The van der Waals surface area contributed by atoms with Gasteiger partial charge in [0.05, 0.1) is 12.0 Å². The Morgan fingerprint density at radius 3 is 2.59 bits per heavy atom. The molecule has 10 heteroatoms. The number of amides is 1. The van der Waals surface area contributed by atoms with Gasteiger partial charge in [-0.2, -0.15) is 4.31 Å². The van der Waals surface area contributed by atoms with E-state index in [9.17, 15) is 23.1 Å². The molecule has 0 saturated carbocycles. The summed E-state index contributed by atoms with van der Waals surface area (Å²) in [6.07, 6.45) is 3.63. The normalized spacial score (nSPS) is 14.4. The highest BCUT2D eigenvalue weighted by molar-refractivity contribution is 7.89. The average molecular weight is 482 g/mol. The van der Waals surface area contributed by atoms with Crippen molar-refractivity contribution in [3.05, 3.63) is 72.1 Å². The Morgan fingerprint density at radius 2 is 1.91 bits per heavy atom. The summed E-state index contributed by atoms with van der Waals surface area (Å²) in [7, 11) is -2.47. The molecule has 0 unspecified atom stereocenters. The second-order valence-corrected chi connectivity index (χ2v) is 9.64. The zero-order valence-corrected chi connectivity index (χ0v) is 19.2. The molecule has 0 spiro atoms. The highest BCUT2D eigenvalue weighted by Crippen LogP contribution is 2.29. The molecular weight excluding hydrogens is 458 g/mol. The van der Waals surface area contributed by atoms with Gasteiger partial charge in [0.1, 0.15) is 12.3 Å². The highest BCUT2D eigenvalue weighted by Gasteiger charge is 2.27. The summed E-state index contributed by atoms with van der Waals surface area (Å²) >= 11 is 0. The van der Waals surface area contributed by atoms with E-state index >= 15 is 0 Å². The van der Waals surface area contributed by atoms with Crippen LogP contribution in [0.5, 0.6) is 5.75 Å². The molecule has 0 saturated heterocycles. The maximum atomic E-state index is 13.1. The number of rotatable bonds is 6. The van der Waals surface area contributed by atoms with Crippen molar-refractivity contribution in [2.45, 2.75) is 11.3 Å². The molecule has 0 aliphatic carbocycles. The number of ether oxygens (including phenoxy) is 1. The van der Waals surface area contributed by atoms with E-state index in [0.29, 0.717) is 12.0 Å². The molecule has 176 valence electrons. The lowest BCUT2D eigenvalue weighted by Crippen LogP contribution is -2.34. The fraction of sp³-hybridized carbons (Fsp3) is 0.208. The molecule has 3 aromatic rings. The summed E-state index contributed by atoms with van der Waals surface area (Å²) in [6, 6.07) is 14.1. The third-order valence-electron chi connectivity index (χ3n) is 5.60. The first-order valence-electron chi connectivity index (χ1n) is 10.5. The molecular formula is C24H23N3O6S. The van der Waals surface area contributed by atoms with Crippen molar-refractivity contribution in [2.75, 3.05) is 26.7 Å². The maximum Gasteiger partial charge on any atom is 0.325 e. The smallest absolute Gasteiger partial charge is 0.325 e. The lowest BCUT2D eigenvalue weighted by Gasteiger charge is -2.26. The molecule has 4 rings (SSSR count). The zero-order valence-electron chi connectivity index (χ0n) is 18.4. The quantitative estimate of drug-likeness (QED) is 0.518. The lowest BCUT2D eigenvalue weighted by molar-refractivity contribution is -0.139. The molecule has 1 aromatic heterocycles. The van der Waals surface area contributed by atoms with Crippen molar-refractivity contribution < 1.29 is 27.9 Å². The minimum atomic E-state index is -3.67. The van der Waals surface area contributed by atoms with E-state index in [1.807, 2.05) is 24.3 Å². The Bertz CT molecular complexity index is 1400. The SMILES string of the molecule is COC(=O)CNC(=O)c1ncc(C2=CCN(S(=O)(=O)c3ccc4ccccc4c3)CC2)cc1O. The van der Waals surface area contributed by atoms with Crippen LogP contribution in [0.25, 0.3) is 16.3 Å². The van der Waals surface area contributed by atoms with Crippen LogP contribution in [0, 0.1) is 0 Å². The van der Waals surface area contributed by atoms with E-state index in [0.717, 1.165) is 16.3 Å². The van der Waals surface area contributed by atoms with Crippen molar-refractivity contribution >= 4 is 38.2 Å². The van der Waals surface area contributed by atoms with Gasteiger partial charge in [-0.1, -0.05) is 36.4 Å². The second kappa shape index (κ2) is 9.62. The van der Waals surface area contributed by atoms with Crippen LogP contribution in [0.4, 0.5) is 0 Å². The minimum Gasteiger partial charge on any atom is -0.505 e. The Kier molecular flexibility index (Phi) is 6.62. The van der Waals surface area contributed by atoms with Crippen LogP contribution in [0.2, 0.25) is 0 Å². The van der Waals surface area contributed by atoms with Gasteiger partial charge in [0, 0.05) is 19.3 Å². The molecule has 1 amide bonds. The fourth-order valence-corrected chi connectivity index (χ4v) is 5.14. The molecule has 1 aliphatic rings. The number of carbonyl (C=O) groups excluding carboxylic acids is 2. The molecule has 0 bridgehead atoms. The van der Waals surface area contributed by atoms with E-state index in [4.69, 9.17) is 0 Å². The van der Waals surface area contributed by atoms with Crippen LogP contribution in [0.3, 0.4) is 0 Å². The van der Waals surface area contributed by atoms with Gasteiger partial charge in [-0.05, 0) is 46.5 Å². The predicted molar refractivity (Wildman–Crippen MR) is 126 cm³/mol. The van der Waals surface area contributed by atoms with Crippen molar-refractivity contribution in [2.24, 2.45) is 0 Å². The Balaban J connectivity index is 1.48. The Hall–Kier alpha value is -3.76. The van der Waals surface area contributed by atoms with Gasteiger partial charge in [0.25, 0.3) is 5.91 Å². The number of nitrogens with zero attached hydrogens (tertiary/aromatic N) is 2. The van der Waals surface area contributed by atoms with E-state index in [1.54, 1.807) is 24.3 Å².